The van der Waals surface area contributed by atoms with Crippen molar-refractivity contribution in [2.24, 2.45) is 11.5 Å². The lowest BCUT2D eigenvalue weighted by molar-refractivity contribution is -0.142. The summed E-state index contributed by atoms with van der Waals surface area (Å²) in [4.78, 5) is 10.7. The first kappa shape index (κ1) is 10.4. The van der Waals surface area contributed by atoms with Crippen molar-refractivity contribution in [2.75, 3.05) is 13.7 Å². The van der Waals surface area contributed by atoms with Crippen LogP contribution in [0.3, 0.4) is 0 Å². The van der Waals surface area contributed by atoms with Crippen LogP contribution in [0.15, 0.2) is 0 Å². The fraction of sp³-hybridized carbons (Fsp3) is 0.857. The number of hydrogen-bond donors (Lipinski definition) is 2. The maximum absolute atomic E-state index is 10.7. The van der Waals surface area contributed by atoms with Gasteiger partial charge >= 0.3 is 5.97 Å². The molecule has 0 saturated carbocycles. The standard InChI is InChI=1S/C7H16N2O2/c1-11-7(10)6(9)4-2-3-5-8/h6H,2-5,8-9H2,1H3/t6-/m0/s1/i5+1. The lowest BCUT2D eigenvalue weighted by Crippen LogP contribution is -2.31. The van der Waals surface area contributed by atoms with Gasteiger partial charge in [-0.2, -0.15) is 0 Å². The average Bonchev–Trinajstić information content (AvgIpc) is 2.03. The van der Waals surface area contributed by atoms with E-state index in [4.69, 9.17) is 11.5 Å². The Morgan fingerprint density at radius 2 is 2.18 bits per heavy atom. The van der Waals surface area contributed by atoms with Crippen molar-refractivity contribution in [3.63, 3.8) is 0 Å². The molecule has 4 nitrogen and oxygen atoms in total. The van der Waals surface area contributed by atoms with Crippen LogP contribution in [0.2, 0.25) is 0 Å². The zero-order valence-corrected chi connectivity index (χ0v) is 6.88. The summed E-state index contributed by atoms with van der Waals surface area (Å²) >= 11 is 0. The first-order chi connectivity index (χ1) is 5.22. The summed E-state index contributed by atoms with van der Waals surface area (Å²) in [6, 6.07) is -0.480. The molecule has 0 aromatic rings. The van der Waals surface area contributed by atoms with Crippen LogP contribution < -0.4 is 11.5 Å². The van der Waals surface area contributed by atoms with E-state index >= 15 is 0 Å². The highest BCUT2D eigenvalue weighted by Gasteiger charge is 2.11. The predicted molar refractivity (Wildman–Crippen MR) is 42.9 cm³/mol. The van der Waals surface area contributed by atoms with E-state index in [0.717, 1.165) is 12.8 Å². The molecule has 0 spiro atoms. The second-order valence-electron chi connectivity index (χ2n) is 2.41. The van der Waals surface area contributed by atoms with Crippen LogP contribution in [0.25, 0.3) is 0 Å². The average molecular weight is 161 g/mol. The smallest absolute Gasteiger partial charge is 0.322 e. The molecule has 1 atom stereocenters. The maximum Gasteiger partial charge on any atom is 0.322 e. The molecule has 0 radical (unpaired) electrons. The highest BCUT2D eigenvalue weighted by molar-refractivity contribution is 5.75. The van der Waals surface area contributed by atoms with E-state index in [-0.39, 0.29) is 5.97 Å². The van der Waals surface area contributed by atoms with Crippen LogP contribution in [0.1, 0.15) is 19.3 Å². The number of methoxy groups -OCH3 is 1. The van der Waals surface area contributed by atoms with Gasteiger partial charge in [0.2, 0.25) is 0 Å². The summed E-state index contributed by atoms with van der Waals surface area (Å²) < 4.78 is 4.45. The Bertz CT molecular complexity index is 117. The van der Waals surface area contributed by atoms with Gasteiger partial charge in [0, 0.05) is 0 Å². The van der Waals surface area contributed by atoms with Gasteiger partial charge < -0.3 is 16.2 Å². The Morgan fingerprint density at radius 3 is 2.64 bits per heavy atom. The predicted octanol–water partition coefficient (Wildman–Crippen LogP) is -0.384. The minimum absolute atomic E-state index is 0.345. The molecule has 0 saturated heterocycles. The Labute approximate surface area is 66.9 Å². The van der Waals surface area contributed by atoms with Crippen LogP contribution in [-0.2, 0) is 9.53 Å². The van der Waals surface area contributed by atoms with E-state index in [1.165, 1.54) is 7.11 Å². The quantitative estimate of drug-likeness (QED) is 0.327. The van der Waals surface area contributed by atoms with Gasteiger partial charge in [-0.15, -0.1) is 0 Å². The fourth-order valence-corrected chi connectivity index (χ4v) is 0.778. The largest absolute Gasteiger partial charge is 0.468 e. The van der Waals surface area contributed by atoms with E-state index in [9.17, 15) is 4.79 Å². The Kier molecular flexibility index (Phi) is 5.78. The SMILES string of the molecule is COC(=O)[C@@H](N)CCC[13CH2]N. The van der Waals surface area contributed by atoms with Crippen molar-refractivity contribution < 1.29 is 9.53 Å². The number of hydrogen-bond acceptors (Lipinski definition) is 4. The van der Waals surface area contributed by atoms with Gasteiger partial charge in [-0.05, 0) is 19.4 Å². The van der Waals surface area contributed by atoms with E-state index in [1.54, 1.807) is 0 Å². The molecule has 0 fully saturated rings. The highest BCUT2D eigenvalue weighted by atomic mass is 16.5. The van der Waals surface area contributed by atoms with Crippen molar-refractivity contribution in [1.82, 2.24) is 0 Å². The first-order valence-corrected chi connectivity index (χ1v) is 3.76. The second kappa shape index (κ2) is 6.12. The topological polar surface area (TPSA) is 78.3 Å². The summed E-state index contributed by atoms with van der Waals surface area (Å²) in [6.07, 6.45) is 2.45. The number of carbonyl (C=O) groups is 1. The molecule has 0 aliphatic carbocycles. The summed E-state index contributed by atoms with van der Waals surface area (Å²) in [7, 11) is 1.34. The summed E-state index contributed by atoms with van der Waals surface area (Å²) in [6.45, 7) is 0.647. The number of rotatable bonds is 5. The molecule has 66 valence electrons. The highest BCUT2D eigenvalue weighted by Crippen LogP contribution is 1.98. The maximum atomic E-state index is 10.7. The third-order valence-corrected chi connectivity index (χ3v) is 1.47. The number of esters is 1. The van der Waals surface area contributed by atoms with Crippen LogP contribution in [0.4, 0.5) is 0 Å². The van der Waals surface area contributed by atoms with Crippen molar-refractivity contribution in [3.05, 3.63) is 0 Å². The van der Waals surface area contributed by atoms with Crippen molar-refractivity contribution in [1.29, 1.82) is 0 Å². The molecule has 4 N–H and O–H groups in total. The minimum Gasteiger partial charge on any atom is -0.468 e. The van der Waals surface area contributed by atoms with Gasteiger partial charge in [0.15, 0.2) is 0 Å². The summed E-state index contributed by atoms with van der Waals surface area (Å²) in [5.41, 5.74) is 10.7. The zero-order valence-electron chi connectivity index (χ0n) is 6.88. The molecule has 4 heteroatoms. The van der Waals surface area contributed by atoms with Crippen molar-refractivity contribution >= 4 is 5.97 Å². The van der Waals surface area contributed by atoms with Gasteiger partial charge in [-0.25, -0.2) is 0 Å². The minimum atomic E-state index is -0.480. The molecule has 0 bridgehead atoms. The van der Waals surface area contributed by atoms with Gasteiger partial charge in [-0.3, -0.25) is 4.79 Å². The Hall–Kier alpha value is -0.610. The molecule has 0 aromatic heterocycles. The monoisotopic (exact) mass is 161 g/mol. The normalized spacial score (nSPS) is 12.6. The lowest BCUT2D eigenvalue weighted by Gasteiger charge is -2.07. The van der Waals surface area contributed by atoms with Gasteiger partial charge in [0.05, 0.1) is 7.11 Å². The van der Waals surface area contributed by atoms with Crippen LogP contribution >= 0.6 is 0 Å². The van der Waals surface area contributed by atoms with Crippen molar-refractivity contribution in [2.45, 2.75) is 25.3 Å². The number of ether oxygens (including phenoxy) is 1. The van der Waals surface area contributed by atoms with Crippen LogP contribution in [0.5, 0.6) is 0 Å². The van der Waals surface area contributed by atoms with Gasteiger partial charge in [-0.1, -0.05) is 6.42 Å². The molecule has 0 aromatic carbocycles. The number of nitrogens with two attached hydrogens (primary N) is 2. The Balaban J connectivity index is 3.36. The van der Waals surface area contributed by atoms with Gasteiger partial charge in [0.1, 0.15) is 6.04 Å². The lowest BCUT2D eigenvalue weighted by atomic mass is 10.1. The van der Waals surface area contributed by atoms with Crippen molar-refractivity contribution in [3.8, 4) is 0 Å². The molecule has 0 aliphatic heterocycles. The van der Waals surface area contributed by atoms with E-state index < -0.39 is 6.04 Å². The second-order valence-corrected chi connectivity index (χ2v) is 2.41. The molecular weight excluding hydrogens is 145 g/mol. The van der Waals surface area contributed by atoms with Gasteiger partial charge in [0.25, 0.3) is 0 Å². The zero-order chi connectivity index (χ0) is 8.69. The van der Waals surface area contributed by atoms with E-state index in [0.29, 0.717) is 13.0 Å². The summed E-state index contributed by atoms with van der Waals surface area (Å²) in [5.74, 6) is -0.345. The van der Waals surface area contributed by atoms with E-state index in [1.807, 2.05) is 0 Å². The fourth-order valence-electron chi connectivity index (χ4n) is 0.778. The Morgan fingerprint density at radius 1 is 1.55 bits per heavy atom. The molecule has 0 heterocycles. The number of unbranched alkanes of at least 4 members (excludes halogenated alkanes) is 1. The summed E-state index contributed by atoms with van der Waals surface area (Å²) in [5, 5.41) is 0. The van der Waals surface area contributed by atoms with Crippen LogP contribution in [-0.4, -0.2) is 25.7 Å². The number of carbonyl (C=O) groups excluding carboxylic acids is 1. The molecule has 0 unspecified atom stereocenters. The first-order valence-electron chi connectivity index (χ1n) is 3.76. The molecule has 0 aliphatic rings. The molecule has 11 heavy (non-hydrogen) atoms. The molecule has 0 amide bonds. The van der Waals surface area contributed by atoms with Crippen LogP contribution in [0, 0.1) is 0 Å². The third-order valence-electron chi connectivity index (χ3n) is 1.47. The molecular formula is C7H16N2O2. The third kappa shape index (κ3) is 4.75. The van der Waals surface area contributed by atoms with E-state index in [2.05, 4.69) is 4.74 Å². The molecule has 0 rings (SSSR count).